The number of allylic oxidation sites excluding steroid dienone is 1. The molecule has 0 aromatic heterocycles. The van der Waals surface area contributed by atoms with E-state index < -0.39 is 0 Å². The summed E-state index contributed by atoms with van der Waals surface area (Å²) in [5.41, 5.74) is 4.64. The minimum atomic E-state index is -0.258. The van der Waals surface area contributed by atoms with Crippen LogP contribution in [0, 0.1) is 5.92 Å². The quantitative estimate of drug-likeness (QED) is 0.379. The Kier molecular flexibility index (Phi) is 7.36. The fourth-order valence-corrected chi connectivity index (χ4v) is 5.39. The van der Waals surface area contributed by atoms with Crippen molar-refractivity contribution in [2.45, 2.75) is 25.3 Å². The van der Waals surface area contributed by atoms with Crippen LogP contribution in [-0.4, -0.2) is 45.1 Å². The second-order valence-electron chi connectivity index (χ2n) is 9.34. The molecular weight excluding hydrogens is 480 g/mol. The molecule has 38 heavy (non-hydrogen) atoms. The Morgan fingerprint density at radius 3 is 2.18 bits per heavy atom. The van der Waals surface area contributed by atoms with Gasteiger partial charge in [-0.3, -0.25) is 4.79 Å². The summed E-state index contributed by atoms with van der Waals surface area (Å²) < 4.78 is 22.0. The largest absolute Gasteiger partial charge is 0.493 e. The maximum absolute atomic E-state index is 13.8. The molecule has 0 spiro atoms. The molecule has 1 amide bonds. The molecule has 2 aliphatic rings. The Hall–Kier alpha value is -4.26. The zero-order valence-corrected chi connectivity index (χ0v) is 22.1. The molecule has 1 saturated carbocycles. The van der Waals surface area contributed by atoms with E-state index in [2.05, 4.69) is 6.08 Å². The molecule has 1 aliphatic carbocycles. The second kappa shape index (κ2) is 11.0. The summed E-state index contributed by atoms with van der Waals surface area (Å²) in [5.74, 6) is 2.56. The van der Waals surface area contributed by atoms with E-state index >= 15 is 0 Å². The predicted octanol–water partition coefficient (Wildman–Crippen LogP) is 6.16. The van der Waals surface area contributed by atoms with Gasteiger partial charge in [0, 0.05) is 11.5 Å². The summed E-state index contributed by atoms with van der Waals surface area (Å²) in [6.45, 7) is 0. The highest BCUT2D eigenvalue weighted by Gasteiger charge is 2.44. The first-order valence-corrected chi connectivity index (χ1v) is 12.7. The first-order chi connectivity index (χ1) is 18.6. The molecule has 196 valence electrons. The minimum absolute atomic E-state index is 0.0564. The van der Waals surface area contributed by atoms with Gasteiger partial charge in [-0.15, -0.1) is 0 Å². The molecule has 0 radical (unpaired) electrons. The molecule has 1 fully saturated rings. The summed E-state index contributed by atoms with van der Waals surface area (Å²) in [7, 11) is 6.50. The number of nitrogens with zero attached hydrogens (tertiary/aromatic N) is 2. The lowest BCUT2D eigenvalue weighted by atomic mass is 9.77. The van der Waals surface area contributed by atoms with Crippen molar-refractivity contribution >= 4 is 17.7 Å². The third kappa shape index (κ3) is 4.72. The molecule has 1 heterocycles. The van der Waals surface area contributed by atoms with Crippen LogP contribution in [0.3, 0.4) is 0 Å². The van der Waals surface area contributed by atoms with Crippen LogP contribution in [0.1, 0.15) is 46.8 Å². The van der Waals surface area contributed by atoms with Gasteiger partial charge in [0.2, 0.25) is 0 Å². The number of fused-ring (bicyclic) bond motifs is 1. The van der Waals surface area contributed by atoms with E-state index in [0.29, 0.717) is 28.6 Å². The highest BCUT2D eigenvalue weighted by Crippen LogP contribution is 2.46. The summed E-state index contributed by atoms with van der Waals surface area (Å²) in [4.78, 5) is 13.8. The Morgan fingerprint density at radius 1 is 0.842 bits per heavy atom. The van der Waals surface area contributed by atoms with Crippen molar-refractivity contribution in [2.24, 2.45) is 11.0 Å². The predicted molar refractivity (Wildman–Crippen MR) is 147 cm³/mol. The number of rotatable bonds is 7. The molecule has 2 atom stereocenters. The van der Waals surface area contributed by atoms with Crippen molar-refractivity contribution in [1.82, 2.24) is 5.01 Å². The van der Waals surface area contributed by atoms with Gasteiger partial charge in [0.15, 0.2) is 23.0 Å². The average Bonchev–Trinajstić information content (AvgIpc) is 3.37. The molecule has 7 heteroatoms. The lowest BCUT2D eigenvalue weighted by Crippen LogP contribution is -2.32. The van der Waals surface area contributed by atoms with Gasteiger partial charge in [-0.1, -0.05) is 30.3 Å². The Balaban J connectivity index is 1.58. The number of ether oxygens (including phenoxy) is 4. The first-order valence-electron chi connectivity index (χ1n) is 12.7. The third-order valence-corrected chi connectivity index (χ3v) is 7.23. The van der Waals surface area contributed by atoms with Crippen LogP contribution in [0.2, 0.25) is 0 Å². The number of methoxy groups -OCH3 is 4. The van der Waals surface area contributed by atoms with Crippen LogP contribution in [0.5, 0.6) is 23.0 Å². The smallest absolute Gasteiger partial charge is 0.274 e. The van der Waals surface area contributed by atoms with Gasteiger partial charge in [-0.05, 0) is 78.4 Å². The van der Waals surface area contributed by atoms with E-state index in [4.69, 9.17) is 24.0 Å². The van der Waals surface area contributed by atoms with Gasteiger partial charge < -0.3 is 18.9 Å². The van der Waals surface area contributed by atoms with E-state index in [1.807, 2.05) is 66.7 Å². The molecular formula is C31H32N2O5. The van der Waals surface area contributed by atoms with Gasteiger partial charge in [-0.2, -0.15) is 5.10 Å². The van der Waals surface area contributed by atoms with Crippen LogP contribution in [0.15, 0.2) is 77.4 Å². The fourth-order valence-electron chi connectivity index (χ4n) is 5.39. The van der Waals surface area contributed by atoms with E-state index in [9.17, 15) is 4.79 Å². The van der Waals surface area contributed by atoms with Crippen molar-refractivity contribution in [3.05, 3.63) is 89.0 Å². The Morgan fingerprint density at radius 2 is 1.50 bits per heavy atom. The number of hydrogen-bond donors (Lipinski definition) is 0. The maximum atomic E-state index is 13.8. The zero-order chi connectivity index (χ0) is 26.6. The third-order valence-electron chi connectivity index (χ3n) is 7.23. The fraction of sp³-hybridized carbons (Fsp3) is 0.290. The highest BCUT2D eigenvalue weighted by molar-refractivity contribution is 6.09. The molecule has 0 saturated heterocycles. The van der Waals surface area contributed by atoms with E-state index in [0.717, 1.165) is 41.7 Å². The molecule has 0 unspecified atom stereocenters. The van der Waals surface area contributed by atoms with Gasteiger partial charge in [-0.25, -0.2) is 5.01 Å². The van der Waals surface area contributed by atoms with Crippen molar-refractivity contribution in [3.8, 4) is 23.0 Å². The van der Waals surface area contributed by atoms with Crippen molar-refractivity contribution in [1.29, 1.82) is 0 Å². The van der Waals surface area contributed by atoms with Crippen LogP contribution in [0.4, 0.5) is 0 Å². The standard InChI is InChI=1S/C31H32N2O5/c1-35-25-15-13-20(18-27(25)37-3)17-22-11-8-12-24-29(22)32-33(31(34)21-9-6-5-7-10-21)30(24)23-14-16-26(36-2)28(19-23)38-4/h5-7,9-10,13-19,24,30H,8,11-12H2,1-4H3/b22-17-/t24-,30+/m0/s1. The van der Waals surface area contributed by atoms with Crippen LogP contribution < -0.4 is 18.9 Å². The Labute approximate surface area is 223 Å². The summed E-state index contributed by atoms with van der Waals surface area (Å²) in [6.07, 6.45) is 4.96. The second-order valence-corrected chi connectivity index (χ2v) is 9.34. The first kappa shape index (κ1) is 25.4. The van der Waals surface area contributed by atoms with Crippen molar-refractivity contribution in [3.63, 3.8) is 0 Å². The zero-order valence-electron chi connectivity index (χ0n) is 22.1. The number of carbonyl (C=O) groups is 1. The van der Waals surface area contributed by atoms with Gasteiger partial charge >= 0.3 is 0 Å². The number of hydrogen-bond acceptors (Lipinski definition) is 6. The van der Waals surface area contributed by atoms with Crippen LogP contribution in [0.25, 0.3) is 6.08 Å². The molecule has 1 aliphatic heterocycles. The van der Waals surface area contributed by atoms with Crippen molar-refractivity contribution in [2.75, 3.05) is 28.4 Å². The number of hydrazone groups is 1. The van der Waals surface area contributed by atoms with E-state index in [-0.39, 0.29) is 17.9 Å². The molecule has 3 aromatic rings. The van der Waals surface area contributed by atoms with Crippen molar-refractivity contribution < 1.29 is 23.7 Å². The SMILES string of the molecule is COc1ccc(/C=C2/CCC[C@H]3C2=NN(C(=O)c2ccccc2)[C@@H]3c2ccc(OC)c(OC)c2)cc1OC. The summed E-state index contributed by atoms with van der Waals surface area (Å²) in [6, 6.07) is 20.8. The topological polar surface area (TPSA) is 69.6 Å². The minimum Gasteiger partial charge on any atom is -0.493 e. The molecule has 0 bridgehead atoms. The van der Waals surface area contributed by atoms with Crippen LogP contribution in [-0.2, 0) is 0 Å². The normalized spacial score (nSPS) is 19.5. The summed E-state index contributed by atoms with van der Waals surface area (Å²) in [5, 5.41) is 6.66. The van der Waals surface area contributed by atoms with Gasteiger partial charge in [0.05, 0.1) is 40.2 Å². The van der Waals surface area contributed by atoms with Crippen LogP contribution >= 0.6 is 0 Å². The number of amides is 1. The van der Waals surface area contributed by atoms with Gasteiger partial charge in [0.1, 0.15) is 0 Å². The average molecular weight is 513 g/mol. The molecule has 0 N–H and O–H groups in total. The number of carbonyl (C=O) groups excluding carboxylic acids is 1. The highest BCUT2D eigenvalue weighted by atomic mass is 16.5. The Bertz CT molecular complexity index is 1380. The number of benzene rings is 3. The maximum Gasteiger partial charge on any atom is 0.274 e. The molecule has 3 aromatic carbocycles. The van der Waals surface area contributed by atoms with Gasteiger partial charge in [0.25, 0.3) is 5.91 Å². The summed E-state index contributed by atoms with van der Waals surface area (Å²) >= 11 is 0. The molecule has 7 nitrogen and oxygen atoms in total. The lowest BCUT2D eigenvalue weighted by Gasteiger charge is -2.30. The molecule has 5 rings (SSSR count). The van der Waals surface area contributed by atoms with E-state index in [1.165, 1.54) is 0 Å². The van der Waals surface area contributed by atoms with E-state index in [1.54, 1.807) is 33.4 Å². The lowest BCUT2D eigenvalue weighted by molar-refractivity contribution is 0.0680. The monoisotopic (exact) mass is 512 g/mol.